The largest absolute Gasteiger partial charge is 0.268 e. The highest BCUT2D eigenvalue weighted by Crippen LogP contribution is 2.16. The van der Waals surface area contributed by atoms with Crippen LogP contribution in [0.25, 0.3) is 0 Å². The van der Waals surface area contributed by atoms with E-state index in [0.717, 1.165) is 41.6 Å². The predicted octanol–water partition coefficient (Wildman–Crippen LogP) is 1.16. The standard InChI is InChI=1S/C17H21N3O3S/c1-13-4-2-5-14(10-13)12-24(22,23)18-8-9-20-17(21)11-15-6-3-7-16(15)19-20/h2,4-5,10-11,18H,3,6-9,12H2,1H3. The number of sulfonamides is 1. The second-order valence-corrected chi connectivity index (χ2v) is 7.98. The van der Waals surface area contributed by atoms with Gasteiger partial charge in [-0.2, -0.15) is 5.10 Å². The number of nitrogens with one attached hydrogen (secondary N) is 1. The number of fused-ring (bicyclic) bond motifs is 1. The molecule has 0 spiro atoms. The Morgan fingerprint density at radius 1 is 1.25 bits per heavy atom. The lowest BCUT2D eigenvalue weighted by Crippen LogP contribution is -2.33. The van der Waals surface area contributed by atoms with Gasteiger partial charge in [-0.3, -0.25) is 4.79 Å². The van der Waals surface area contributed by atoms with E-state index in [2.05, 4.69) is 9.82 Å². The van der Waals surface area contributed by atoms with Crippen LogP contribution in [0.3, 0.4) is 0 Å². The molecule has 128 valence electrons. The summed E-state index contributed by atoms with van der Waals surface area (Å²) in [5.74, 6) is -0.0683. The highest BCUT2D eigenvalue weighted by atomic mass is 32.2. The zero-order valence-corrected chi connectivity index (χ0v) is 14.5. The van der Waals surface area contributed by atoms with Crippen LogP contribution in [-0.4, -0.2) is 24.7 Å². The minimum absolute atomic E-state index is 0.0683. The molecule has 0 fully saturated rings. The Kier molecular flexibility index (Phi) is 4.82. The van der Waals surface area contributed by atoms with Crippen LogP contribution in [0.4, 0.5) is 0 Å². The van der Waals surface area contributed by atoms with Crippen LogP contribution in [0.1, 0.15) is 28.8 Å². The van der Waals surface area contributed by atoms with Gasteiger partial charge in [-0.25, -0.2) is 17.8 Å². The van der Waals surface area contributed by atoms with Crippen molar-refractivity contribution in [2.75, 3.05) is 6.54 Å². The molecule has 0 saturated carbocycles. The van der Waals surface area contributed by atoms with E-state index < -0.39 is 10.0 Å². The molecular weight excluding hydrogens is 326 g/mol. The molecule has 1 aromatic carbocycles. The quantitative estimate of drug-likeness (QED) is 0.850. The SMILES string of the molecule is Cc1cccc(CS(=O)(=O)NCCn2nc3c(cc2=O)CCC3)c1. The molecule has 0 amide bonds. The van der Waals surface area contributed by atoms with Crippen molar-refractivity contribution in [3.05, 3.63) is 63.1 Å². The molecule has 1 aromatic heterocycles. The van der Waals surface area contributed by atoms with Crippen molar-refractivity contribution in [3.8, 4) is 0 Å². The minimum Gasteiger partial charge on any atom is -0.268 e. The van der Waals surface area contributed by atoms with Crippen molar-refractivity contribution < 1.29 is 8.42 Å². The Morgan fingerprint density at radius 3 is 2.88 bits per heavy atom. The third-order valence-corrected chi connectivity index (χ3v) is 5.47. The van der Waals surface area contributed by atoms with Gasteiger partial charge in [0.25, 0.3) is 5.56 Å². The highest BCUT2D eigenvalue weighted by Gasteiger charge is 2.15. The number of rotatable bonds is 6. The number of aryl methyl sites for hydroxylation is 3. The first-order valence-corrected chi connectivity index (χ1v) is 9.71. The molecule has 0 bridgehead atoms. The van der Waals surface area contributed by atoms with Gasteiger partial charge in [-0.15, -0.1) is 0 Å². The molecule has 0 aliphatic heterocycles. The van der Waals surface area contributed by atoms with Crippen molar-refractivity contribution in [1.29, 1.82) is 0 Å². The molecule has 0 radical (unpaired) electrons. The Hall–Kier alpha value is -1.99. The van der Waals surface area contributed by atoms with E-state index >= 15 is 0 Å². The fraction of sp³-hybridized carbons (Fsp3) is 0.412. The maximum absolute atomic E-state index is 12.2. The van der Waals surface area contributed by atoms with E-state index in [-0.39, 0.29) is 24.4 Å². The van der Waals surface area contributed by atoms with Crippen LogP contribution in [0.15, 0.2) is 35.1 Å². The number of benzene rings is 1. The van der Waals surface area contributed by atoms with E-state index in [1.165, 1.54) is 4.68 Å². The van der Waals surface area contributed by atoms with Gasteiger partial charge in [0.1, 0.15) is 0 Å². The highest BCUT2D eigenvalue weighted by molar-refractivity contribution is 7.88. The van der Waals surface area contributed by atoms with Crippen LogP contribution in [-0.2, 0) is 35.2 Å². The molecule has 0 saturated heterocycles. The Morgan fingerprint density at radius 2 is 2.08 bits per heavy atom. The first-order valence-electron chi connectivity index (χ1n) is 8.06. The smallest absolute Gasteiger partial charge is 0.267 e. The van der Waals surface area contributed by atoms with Crippen LogP contribution >= 0.6 is 0 Å². The number of nitrogens with zero attached hydrogens (tertiary/aromatic N) is 2. The first kappa shape index (κ1) is 16.9. The zero-order valence-electron chi connectivity index (χ0n) is 13.7. The van der Waals surface area contributed by atoms with Gasteiger partial charge in [0.15, 0.2) is 0 Å². The van der Waals surface area contributed by atoms with Crippen molar-refractivity contribution in [2.24, 2.45) is 0 Å². The number of aromatic nitrogens is 2. The first-order chi connectivity index (χ1) is 11.4. The van der Waals surface area contributed by atoms with Gasteiger partial charge in [-0.05, 0) is 37.3 Å². The fourth-order valence-electron chi connectivity index (χ4n) is 2.98. The second kappa shape index (κ2) is 6.86. The molecule has 0 atom stereocenters. The molecular formula is C17H21N3O3S. The summed E-state index contributed by atoms with van der Waals surface area (Å²) < 4.78 is 28.2. The van der Waals surface area contributed by atoms with E-state index in [1.807, 2.05) is 25.1 Å². The van der Waals surface area contributed by atoms with E-state index in [0.29, 0.717) is 0 Å². The number of hydrogen-bond donors (Lipinski definition) is 1. The predicted molar refractivity (Wildman–Crippen MR) is 92.3 cm³/mol. The van der Waals surface area contributed by atoms with Crippen LogP contribution in [0.5, 0.6) is 0 Å². The third-order valence-electron chi connectivity index (χ3n) is 4.11. The maximum Gasteiger partial charge on any atom is 0.267 e. The third kappa shape index (κ3) is 4.10. The van der Waals surface area contributed by atoms with E-state index in [1.54, 1.807) is 12.1 Å². The van der Waals surface area contributed by atoms with Crippen molar-refractivity contribution >= 4 is 10.0 Å². The molecule has 1 heterocycles. The second-order valence-electron chi connectivity index (χ2n) is 6.17. The molecule has 1 aliphatic carbocycles. The van der Waals surface area contributed by atoms with Crippen molar-refractivity contribution in [2.45, 2.75) is 38.5 Å². The number of hydrogen-bond acceptors (Lipinski definition) is 4. The van der Waals surface area contributed by atoms with Crippen molar-refractivity contribution in [1.82, 2.24) is 14.5 Å². The lowest BCUT2D eigenvalue weighted by molar-refractivity contribution is 0.541. The summed E-state index contributed by atoms with van der Waals surface area (Å²) in [6.45, 7) is 2.31. The Labute approximate surface area is 141 Å². The summed E-state index contributed by atoms with van der Waals surface area (Å²) in [4.78, 5) is 12.0. The average Bonchev–Trinajstić information content (AvgIpc) is 2.93. The van der Waals surface area contributed by atoms with Crippen LogP contribution in [0, 0.1) is 6.92 Å². The molecule has 0 unspecified atom stereocenters. The average molecular weight is 347 g/mol. The summed E-state index contributed by atoms with van der Waals surface area (Å²) in [5.41, 5.74) is 3.58. The Balaban J connectivity index is 1.61. The minimum atomic E-state index is -3.44. The van der Waals surface area contributed by atoms with Gasteiger partial charge < -0.3 is 0 Å². The van der Waals surface area contributed by atoms with Gasteiger partial charge in [0.05, 0.1) is 18.0 Å². The molecule has 1 aliphatic rings. The maximum atomic E-state index is 12.2. The summed E-state index contributed by atoms with van der Waals surface area (Å²) >= 11 is 0. The molecule has 2 aromatic rings. The summed E-state index contributed by atoms with van der Waals surface area (Å²) in [6, 6.07) is 9.03. The molecule has 3 rings (SSSR count). The summed E-state index contributed by atoms with van der Waals surface area (Å²) in [6.07, 6.45) is 2.81. The van der Waals surface area contributed by atoms with E-state index in [4.69, 9.17) is 0 Å². The van der Waals surface area contributed by atoms with Gasteiger partial charge in [-0.1, -0.05) is 29.8 Å². The van der Waals surface area contributed by atoms with Crippen molar-refractivity contribution in [3.63, 3.8) is 0 Å². The monoisotopic (exact) mass is 347 g/mol. The topological polar surface area (TPSA) is 81.1 Å². The van der Waals surface area contributed by atoms with Crippen LogP contribution < -0.4 is 10.3 Å². The Bertz CT molecular complexity index is 904. The molecule has 1 N–H and O–H groups in total. The van der Waals surface area contributed by atoms with Gasteiger partial charge in [0.2, 0.25) is 10.0 Å². The summed E-state index contributed by atoms with van der Waals surface area (Å²) in [5, 5.41) is 4.34. The van der Waals surface area contributed by atoms with Gasteiger partial charge in [0, 0.05) is 12.6 Å². The molecule has 24 heavy (non-hydrogen) atoms. The lowest BCUT2D eigenvalue weighted by atomic mass is 10.2. The van der Waals surface area contributed by atoms with E-state index in [9.17, 15) is 13.2 Å². The van der Waals surface area contributed by atoms with Gasteiger partial charge >= 0.3 is 0 Å². The molecule has 7 heteroatoms. The van der Waals surface area contributed by atoms with Crippen LogP contribution in [0.2, 0.25) is 0 Å². The normalized spacial score (nSPS) is 13.9. The lowest BCUT2D eigenvalue weighted by Gasteiger charge is -2.09. The molecule has 6 nitrogen and oxygen atoms in total. The zero-order chi connectivity index (χ0) is 17.2. The summed E-state index contributed by atoms with van der Waals surface area (Å²) in [7, 11) is -3.44. The fourth-order valence-corrected chi connectivity index (χ4v) is 4.10.